The van der Waals surface area contributed by atoms with E-state index in [0.29, 0.717) is 38.6 Å². The lowest BCUT2D eigenvalue weighted by atomic mass is 9.97. The normalized spacial score (nSPS) is 15.1. The van der Waals surface area contributed by atoms with Gasteiger partial charge in [0.05, 0.1) is 31.3 Å². The Morgan fingerprint density at radius 2 is 1.79 bits per heavy atom. The second-order valence-corrected chi connectivity index (χ2v) is 6.35. The van der Waals surface area contributed by atoms with E-state index in [0.717, 1.165) is 6.07 Å². The van der Waals surface area contributed by atoms with Crippen LogP contribution in [0.25, 0.3) is 0 Å². The number of carbonyl (C=O) groups is 3. The predicted octanol–water partition coefficient (Wildman–Crippen LogP) is 1.43. The highest BCUT2D eigenvalue weighted by Gasteiger charge is 2.26. The molecular weight excluding hydrogens is 379 g/mol. The summed E-state index contributed by atoms with van der Waals surface area (Å²) in [6.07, 6.45) is 1.17. The first-order valence-corrected chi connectivity index (χ1v) is 8.90. The van der Waals surface area contributed by atoms with Crippen LogP contribution in [-0.4, -0.2) is 55.5 Å². The third-order valence-electron chi connectivity index (χ3n) is 4.33. The van der Waals surface area contributed by atoms with Gasteiger partial charge < -0.3 is 15.4 Å². The van der Waals surface area contributed by atoms with E-state index in [4.69, 9.17) is 4.74 Å². The van der Waals surface area contributed by atoms with Crippen LogP contribution in [0.15, 0.2) is 12.1 Å². The predicted molar refractivity (Wildman–Crippen MR) is 93.8 cm³/mol. The number of carbonyl (C=O) groups excluding carboxylic acids is 3. The van der Waals surface area contributed by atoms with Gasteiger partial charge in [-0.2, -0.15) is 0 Å². The summed E-state index contributed by atoms with van der Waals surface area (Å²) in [6, 6.07) is 1.58. The fourth-order valence-electron chi connectivity index (χ4n) is 2.84. The molecule has 28 heavy (non-hydrogen) atoms. The fraction of sp³-hybridized carbons (Fsp3) is 0.500. The van der Waals surface area contributed by atoms with Crippen molar-refractivity contribution >= 4 is 23.5 Å². The van der Waals surface area contributed by atoms with Gasteiger partial charge in [-0.25, -0.2) is 13.2 Å². The number of likely N-dealkylation sites (tertiary alicyclic amines) is 1. The minimum Gasteiger partial charge on any atom is -0.466 e. The SMILES string of the molecule is CCOC(=O)C1CCN(CC(=O)NCC(=O)Nc2ccc(F)c(F)c2F)CC1. The first-order chi connectivity index (χ1) is 13.3. The van der Waals surface area contributed by atoms with E-state index in [2.05, 4.69) is 10.6 Å². The van der Waals surface area contributed by atoms with Crippen LogP contribution in [0, 0.1) is 23.4 Å². The molecule has 0 radical (unpaired) electrons. The van der Waals surface area contributed by atoms with Crippen LogP contribution in [0.1, 0.15) is 19.8 Å². The van der Waals surface area contributed by atoms with Gasteiger partial charge in [0.2, 0.25) is 11.8 Å². The summed E-state index contributed by atoms with van der Waals surface area (Å²) in [5.41, 5.74) is -0.515. The molecule has 0 spiro atoms. The van der Waals surface area contributed by atoms with Gasteiger partial charge in [-0.1, -0.05) is 0 Å². The Hall–Kier alpha value is -2.62. The number of rotatable bonds is 7. The molecule has 0 unspecified atom stereocenters. The Bertz CT molecular complexity index is 737. The summed E-state index contributed by atoms with van der Waals surface area (Å²) in [4.78, 5) is 37.2. The van der Waals surface area contributed by atoms with Gasteiger partial charge in [0.15, 0.2) is 17.5 Å². The zero-order chi connectivity index (χ0) is 20.7. The molecule has 1 aliphatic heterocycles. The average molecular weight is 401 g/mol. The Morgan fingerprint density at radius 3 is 2.43 bits per heavy atom. The molecule has 1 aromatic rings. The maximum atomic E-state index is 13.5. The maximum absolute atomic E-state index is 13.5. The largest absolute Gasteiger partial charge is 0.466 e. The van der Waals surface area contributed by atoms with Gasteiger partial charge >= 0.3 is 5.97 Å². The first-order valence-electron chi connectivity index (χ1n) is 8.90. The van der Waals surface area contributed by atoms with E-state index in [1.165, 1.54) is 0 Å². The van der Waals surface area contributed by atoms with Crippen molar-refractivity contribution < 1.29 is 32.3 Å². The van der Waals surface area contributed by atoms with Gasteiger partial charge in [0.25, 0.3) is 0 Å². The molecule has 0 aliphatic carbocycles. The van der Waals surface area contributed by atoms with E-state index < -0.39 is 41.5 Å². The molecule has 2 rings (SSSR count). The Labute approximate surface area is 160 Å². The van der Waals surface area contributed by atoms with Gasteiger partial charge in [-0.3, -0.25) is 19.3 Å². The van der Waals surface area contributed by atoms with E-state index in [9.17, 15) is 27.6 Å². The molecule has 7 nitrogen and oxygen atoms in total. The number of amides is 2. The molecular formula is C18H22F3N3O4. The summed E-state index contributed by atoms with van der Waals surface area (Å²) in [7, 11) is 0. The molecule has 0 saturated carbocycles. The molecule has 2 amide bonds. The topological polar surface area (TPSA) is 87.7 Å². The van der Waals surface area contributed by atoms with Crippen LogP contribution in [0.5, 0.6) is 0 Å². The number of hydrogen-bond acceptors (Lipinski definition) is 5. The van der Waals surface area contributed by atoms with Gasteiger partial charge in [0, 0.05) is 0 Å². The minimum absolute atomic E-state index is 0.0440. The number of nitrogens with zero attached hydrogens (tertiary/aromatic N) is 1. The van der Waals surface area contributed by atoms with Crippen LogP contribution < -0.4 is 10.6 Å². The molecule has 1 aromatic carbocycles. The number of piperidine rings is 1. The number of esters is 1. The molecule has 1 saturated heterocycles. The number of anilines is 1. The maximum Gasteiger partial charge on any atom is 0.309 e. The van der Waals surface area contributed by atoms with Crippen molar-refractivity contribution in [1.29, 1.82) is 0 Å². The van der Waals surface area contributed by atoms with Crippen LogP contribution in [0.2, 0.25) is 0 Å². The molecule has 1 aliphatic rings. The number of benzene rings is 1. The highest BCUT2D eigenvalue weighted by Crippen LogP contribution is 2.20. The van der Waals surface area contributed by atoms with E-state index in [1.807, 2.05) is 4.90 Å². The number of nitrogens with one attached hydrogen (secondary N) is 2. The number of hydrogen-bond donors (Lipinski definition) is 2. The second kappa shape index (κ2) is 10.1. The average Bonchev–Trinajstić information content (AvgIpc) is 2.67. The Morgan fingerprint density at radius 1 is 1.11 bits per heavy atom. The lowest BCUT2D eigenvalue weighted by Gasteiger charge is -2.30. The Kier molecular flexibility index (Phi) is 7.80. The second-order valence-electron chi connectivity index (χ2n) is 6.35. The highest BCUT2D eigenvalue weighted by molar-refractivity contribution is 5.94. The molecule has 0 aromatic heterocycles. The van der Waals surface area contributed by atoms with Crippen molar-refractivity contribution in [3.63, 3.8) is 0 Å². The van der Waals surface area contributed by atoms with Gasteiger partial charge in [-0.15, -0.1) is 0 Å². The number of halogens is 3. The fourth-order valence-corrected chi connectivity index (χ4v) is 2.84. The van der Waals surface area contributed by atoms with Crippen molar-refractivity contribution in [2.45, 2.75) is 19.8 Å². The zero-order valence-electron chi connectivity index (χ0n) is 15.4. The van der Waals surface area contributed by atoms with Gasteiger partial charge in [-0.05, 0) is 45.0 Å². The van der Waals surface area contributed by atoms with Crippen molar-refractivity contribution in [2.75, 3.05) is 38.1 Å². The molecule has 154 valence electrons. The third-order valence-corrected chi connectivity index (χ3v) is 4.33. The van der Waals surface area contributed by atoms with Crippen LogP contribution in [0.4, 0.5) is 18.9 Å². The molecule has 0 atom stereocenters. The van der Waals surface area contributed by atoms with E-state index in [1.54, 1.807) is 6.92 Å². The smallest absolute Gasteiger partial charge is 0.309 e. The lowest BCUT2D eigenvalue weighted by molar-refractivity contribution is -0.149. The highest BCUT2D eigenvalue weighted by atomic mass is 19.2. The van der Waals surface area contributed by atoms with Crippen molar-refractivity contribution in [3.8, 4) is 0 Å². The standard InChI is InChI=1S/C18H22F3N3O4/c1-2-28-18(27)11-5-7-24(8-6-11)10-15(26)22-9-14(25)23-13-4-3-12(19)16(20)17(13)21/h3-4,11H,2,5-10H2,1H3,(H,22,26)(H,23,25). The molecule has 1 fully saturated rings. The lowest BCUT2D eigenvalue weighted by Crippen LogP contribution is -2.44. The molecule has 10 heteroatoms. The van der Waals surface area contributed by atoms with E-state index >= 15 is 0 Å². The summed E-state index contributed by atoms with van der Waals surface area (Å²) in [5.74, 6) is -6.16. The van der Waals surface area contributed by atoms with Crippen molar-refractivity contribution in [1.82, 2.24) is 10.2 Å². The third kappa shape index (κ3) is 5.95. The van der Waals surface area contributed by atoms with Crippen molar-refractivity contribution in [2.24, 2.45) is 5.92 Å². The van der Waals surface area contributed by atoms with Crippen LogP contribution in [-0.2, 0) is 19.1 Å². The zero-order valence-corrected chi connectivity index (χ0v) is 15.4. The quantitative estimate of drug-likeness (QED) is 0.533. The van der Waals surface area contributed by atoms with Crippen molar-refractivity contribution in [3.05, 3.63) is 29.6 Å². The van der Waals surface area contributed by atoms with Gasteiger partial charge in [0.1, 0.15) is 0 Å². The van der Waals surface area contributed by atoms with Crippen LogP contribution in [0.3, 0.4) is 0 Å². The van der Waals surface area contributed by atoms with Crippen LogP contribution >= 0.6 is 0 Å². The monoisotopic (exact) mass is 401 g/mol. The Balaban J connectivity index is 1.72. The molecule has 2 N–H and O–H groups in total. The summed E-state index contributed by atoms with van der Waals surface area (Å²) in [5, 5.41) is 4.44. The number of ether oxygens (including phenoxy) is 1. The molecule has 0 bridgehead atoms. The summed E-state index contributed by atoms with van der Waals surface area (Å²) in [6.45, 7) is 2.76. The summed E-state index contributed by atoms with van der Waals surface area (Å²) >= 11 is 0. The van der Waals surface area contributed by atoms with E-state index in [-0.39, 0.29) is 18.4 Å². The first kappa shape index (κ1) is 21.7. The molecule has 1 heterocycles. The summed E-state index contributed by atoms with van der Waals surface area (Å²) < 4.78 is 44.5. The minimum atomic E-state index is -1.69.